The highest BCUT2D eigenvalue weighted by Gasteiger charge is 2.15. The van der Waals surface area contributed by atoms with E-state index in [1.165, 1.54) is 0 Å². The van der Waals surface area contributed by atoms with Crippen molar-refractivity contribution in [2.24, 2.45) is 0 Å². The van der Waals surface area contributed by atoms with Crippen molar-refractivity contribution < 1.29 is 0 Å². The predicted octanol–water partition coefficient (Wildman–Crippen LogP) is 0.724. The van der Waals surface area contributed by atoms with E-state index >= 15 is 0 Å². The molecule has 0 spiro atoms. The van der Waals surface area contributed by atoms with E-state index in [9.17, 15) is 0 Å². The van der Waals surface area contributed by atoms with Gasteiger partial charge < -0.3 is 4.90 Å². The van der Waals surface area contributed by atoms with Crippen LogP contribution in [-0.2, 0) is 6.54 Å². The standard InChI is InChI=1S/C14H20N6/c1-19-7-9-20(10-8-19)15-11-13-14(17-18-16-13)12-5-3-2-4-6-12/h2-6,15H,7-11H2,1H3,(H,16,17,18). The van der Waals surface area contributed by atoms with Gasteiger partial charge in [0.15, 0.2) is 0 Å². The van der Waals surface area contributed by atoms with Crippen molar-refractivity contribution in [3.63, 3.8) is 0 Å². The second-order valence-corrected chi connectivity index (χ2v) is 5.11. The third-order valence-corrected chi connectivity index (χ3v) is 3.64. The zero-order valence-corrected chi connectivity index (χ0v) is 11.7. The molecule has 0 saturated carbocycles. The first-order valence-corrected chi connectivity index (χ1v) is 6.95. The van der Waals surface area contributed by atoms with Crippen LogP contribution in [0.2, 0.25) is 0 Å². The van der Waals surface area contributed by atoms with Gasteiger partial charge in [-0.3, -0.25) is 0 Å². The molecule has 2 aromatic rings. The molecular formula is C14H20N6. The molecule has 1 aromatic carbocycles. The van der Waals surface area contributed by atoms with Crippen molar-refractivity contribution in [1.82, 2.24) is 30.7 Å². The number of H-pyrrole nitrogens is 1. The monoisotopic (exact) mass is 272 g/mol. The minimum atomic E-state index is 0.699. The Bertz CT molecular complexity index is 530. The molecule has 1 saturated heterocycles. The largest absolute Gasteiger partial charge is 0.304 e. The second kappa shape index (κ2) is 6.13. The summed E-state index contributed by atoms with van der Waals surface area (Å²) >= 11 is 0. The Hall–Kier alpha value is -1.76. The first-order valence-electron chi connectivity index (χ1n) is 6.95. The average molecular weight is 272 g/mol. The number of piperazine rings is 1. The molecule has 1 fully saturated rings. The number of hydrogen-bond donors (Lipinski definition) is 2. The Labute approximate surface area is 118 Å². The molecule has 106 valence electrons. The molecule has 0 radical (unpaired) electrons. The van der Waals surface area contributed by atoms with Gasteiger partial charge >= 0.3 is 0 Å². The summed E-state index contributed by atoms with van der Waals surface area (Å²) in [5.41, 5.74) is 6.41. The molecule has 0 unspecified atom stereocenters. The van der Waals surface area contributed by atoms with Crippen molar-refractivity contribution in [3.8, 4) is 11.3 Å². The number of nitrogens with one attached hydrogen (secondary N) is 2. The molecule has 0 bridgehead atoms. The van der Waals surface area contributed by atoms with Gasteiger partial charge in [-0.05, 0) is 7.05 Å². The Morgan fingerprint density at radius 2 is 1.85 bits per heavy atom. The molecule has 1 aliphatic heterocycles. The summed E-state index contributed by atoms with van der Waals surface area (Å²) in [6.45, 7) is 4.96. The molecule has 0 amide bonds. The summed E-state index contributed by atoms with van der Waals surface area (Å²) < 4.78 is 0. The van der Waals surface area contributed by atoms with Crippen LogP contribution in [0.5, 0.6) is 0 Å². The van der Waals surface area contributed by atoms with Crippen LogP contribution in [0.1, 0.15) is 5.69 Å². The molecular weight excluding hydrogens is 252 g/mol. The topological polar surface area (TPSA) is 60.1 Å². The zero-order valence-electron chi connectivity index (χ0n) is 11.7. The van der Waals surface area contributed by atoms with Crippen molar-refractivity contribution in [2.45, 2.75) is 6.54 Å². The van der Waals surface area contributed by atoms with Crippen LogP contribution in [0.25, 0.3) is 11.3 Å². The van der Waals surface area contributed by atoms with E-state index in [-0.39, 0.29) is 0 Å². The molecule has 20 heavy (non-hydrogen) atoms. The van der Waals surface area contributed by atoms with Crippen LogP contribution in [0.3, 0.4) is 0 Å². The van der Waals surface area contributed by atoms with Gasteiger partial charge in [-0.25, -0.2) is 10.4 Å². The van der Waals surface area contributed by atoms with E-state index in [2.05, 4.69) is 49.9 Å². The van der Waals surface area contributed by atoms with Gasteiger partial charge in [0.25, 0.3) is 0 Å². The van der Waals surface area contributed by atoms with Crippen molar-refractivity contribution >= 4 is 0 Å². The lowest BCUT2D eigenvalue weighted by molar-refractivity contribution is 0.102. The molecule has 2 N–H and O–H groups in total. The fourth-order valence-electron chi connectivity index (χ4n) is 2.35. The number of hydrazine groups is 1. The number of aromatic amines is 1. The average Bonchev–Trinajstić information content (AvgIpc) is 2.96. The van der Waals surface area contributed by atoms with Gasteiger partial charge in [0.2, 0.25) is 0 Å². The second-order valence-electron chi connectivity index (χ2n) is 5.11. The minimum absolute atomic E-state index is 0.699. The third-order valence-electron chi connectivity index (χ3n) is 3.64. The summed E-state index contributed by atoms with van der Waals surface area (Å²) in [4.78, 5) is 2.34. The summed E-state index contributed by atoms with van der Waals surface area (Å²) in [6, 6.07) is 10.1. The molecule has 6 nitrogen and oxygen atoms in total. The zero-order chi connectivity index (χ0) is 13.8. The smallest absolute Gasteiger partial charge is 0.117 e. The van der Waals surface area contributed by atoms with E-state index in [4.69, 9.17) is 0 Å². The van der Waals surface area contributed by atoms with E-state index in [0.717, 1.165) is 43.1 Å². The highest BCUT2D eigenvalue weighted by atomic mass is 15.5. The maximum absolute atomic E-state index is 4.26. The molecule has 2 heterocycles. The Balaban J connectivity index is 1.63. The molecule has 3 rings (SSSR count). The first kappa shape index (κ1) is 13.2. The third kappa shape index (κ3) is 3.04. The van der Waals surface area contributed by atoms with Gasteiger partial charge in [0.1, 0.15) is 11.4 Å². The minimum Gasteiger partial charge on any atom is -0.304 e. The highest BCUT2D eigenvalue weighted by molar-refractivity contribution is 5.60. The Morgan fingerprint density at radius 1 is 1.10 bits per heavy atom. The van der Waals surface area contributed by atoms with Crippen molar-refractivity contribution in [1.29, 1.82) is 0 Å². The number of aromatic nitrogens is 3. The Morgan fingerprint density at radius 3 is 2.60 bits per heavy atom. The van der Waals surface area contributed by atoms with Gasteiger partial charge in [0.05, 0.1) is 6.54 Å². The number of rotatable bonds is 4. The molecule has 0 atom stereocenters. The molecule has 1 aliphatic rings. The maximum atomic E-state index is 4.26. The fourth-order valence-corrected chi connectivity index (χ4v) is 2.35. The van der Waals surface area contributed by atoms with E-state index in [1.54, 1.807) is 0 Å². The van der Waals surface area contributed by atoms with E-state index in [0.29, 0.717) is 6.54 Å². The van der Waals surface area contributed by atoms with Crippen LogP contribution in [-0.4, -0.2) is 58.5 Å². The van der Waals surface area contributed by atoms with Crippen LogP contribution >= 0.6 is 0 Å². The van der Waals surface area contributed by atoms with Gasteiger partial charge in [-0.15, -0.1) is 0 Å². The fraction of sp³-hybridized carbons (Fsp3) is 0.429. The summed E-state index contributed by atoms with van der Waals surface area (Å²) in [7, 11) is 2.16. The van der Waals surface area contributed by atoms with Crippen molar-refractivity contribution in [2.75, 3.05) is 33.2 Å². The SMILES string of the molecule is CN1CCN(NCc2n[nH]nc2-c2ccccc2)CC1. The lowest BCUT2D eigenvalue weighted by Crippen LogP contribution is -2.50. The number of benzene rings is 1. The lowest BCUT2D eigenvalue weighted by Gasteiger charge is -2.32. The van der Waals surface area contributed by atoms with Crippen LogP contribution in [0.15, 0.2) is 30.3 Å². The maximum Gasteiger partial charge on any atom is 0.117 e. The van der Waals surface area contributed by atoms with Gasteiger partial charge in [-0.2, -0.15) is 15.4 Å². The van der Waals surface area contributed by atoms with Crippen LogP contribution < -0.4 is 5.43 Å². The highest BCUT2D eigenvalue weighted by Crippen LogP contribution is 2.18. The summed E-state index contributed by atoms with van der Waals surface area (Å²) in [6.07, 6.45) is 0. The number of hydrogen-bond acceptors (Lipinski definition) is 5. The first-order chi connectivity index (χ1) is 9.83. The Kier molecular flexibility index (Phi) is 4.05. The summed E-state index contributed by atoms with van der Waals surface area (Å²) in [5.74, 6) is 0. The van der Waals surface area contributed by atoms with E-state index < -0.39 is 0 Å². The lowest BCUT2D eigenvalue weighted by atomic mass is 10.1. The van der Waals surface area contributed by atoms with Crippen LogP contribution in [0.4, 0.5) is 0 Å². The number of nitrogens with zero attached hydrogens (tertiary/aromatic N) is 4. The van der Waals surface area contributed by atoms with Crippen molar-refractivity contribution in [3.05, 3.63) is 36.0 Å². The molecule has 0 aliphatic carbocycles. The van der Waals surface area contributed by atoms with Gasteiger partial charge in [-0.1, -0.05) is 30.3 Å². The normalized spacial score (nSPS) is 17.4. The summed E-state index contributed by atoms with van der Waals surface area (Å²) in [5, 5.41) is 13.5. The quantitative estimate of drug-likeness (QED) is 0.859. The van der Waals surface area contributed by atoms with Gasteiger partial charge in [0, 0.05) is 31.7 Å². The number of likely N-dealkylation sites (N-methyl/N-ethyl adjacent to an activating group) is 1. The predicted molar refractivity (Wildman–Crippen MR) is 77.7 cm³/mol. The van der Waals surface area contributed by atoms with Crippen LogP contribution in [0, 0.1) is 0 Å². The molecule has 1 aromatic heterocycles. The molecule has 6 heteroatoms. The van der Waals surface area contributed by atoms with E-state index in [1.807, 2.05) is 18.2 Å².